The molecule has 0 aliphatic carbocycles. The quantitative estimate of drug-likeness (QED) is 0.873. The number of halogens is 1. The SMILES string of the molecule is COc1ccc(S(=O)(=O)N2c3ccccc3CC2C)cc1F. The van der Waals surface area contributed by atoms with Crippen LogP contribution in [0.5, 0.6) is 5.75 Å². The zero-order valence-electron chi connectivity index (χ0n) is 12.3. The predicted molar refractivity (Wildman–Crippen MR) is 82.2 cm³/mol. The van der Waals surface area contributed by atoms with Gasteiger partial charge in [-0.05, 0) is 43.2 Å². The molecular weight excluding hydrogens is 305 g/mol. The van der Waals surface area contributed by atoms with Gasteiger partial charge in [0.2, 0.25) is 0 Å². The molecule has 1 aliphatic heterocycles. The summed E-state index contributed by atoms with van der Waals surface area (Å²) in [4.78, 5) is -0.0747. The van der Waals surface area contributed by atoms with Gasteiger partial charge >= 0.3 is 0 Å². The Morgan fingerprint density at radius 3 is 2.64 bits per heavy atom. The summed E-state index contributed by atoms with van der Waals surface area (Å²) < 4.78 is 45.8. The first-order chi connectivity index (χ1) is 10.4. The molecule has 116 valence electrons. The fourth-order valence-electron chi connectivity index (χ4n) is 2.82. The van der Waals surface area contributed by atoms with E-state index in [-0.39, 0.29) is 16.7 Å². The first kappa shape index (κ1) is 14.8. The van der Waals surface area contributed by atoms with Crippen molar-refractivity contribution in [2.75, 3.05) is 11.4 Å². The lowest BCUT2D eigenvalue weighted by Gasteiger charge is -2.24. The van der Waals surface area contributed by atoms with Crippen LogP contribution in [0.3, 0.4) is 0 Å². The van der Waals surface area contributed by atoms with Crippen molar-refractivity contribution >= 4 is 15.7 Å². The van der Waals surface area contributed by atoms with Crippen LogP contribution in [-0.2, 0) is 16.4 Å². The summed E-state index contributed by atoms with van der Waals surface area (Å²) in [6.07, 6.45) is 0.647. The molecule has 0 amide bonds. The number of ether oxygens (including phenoxy) is 1. The highest BCUT2D eigenvalue weighted by Crippen LogP contribution is 2.37. The van der Waals surface area contributed by atoms with Gasteiger partial charge in [-0.1, -0.05) is 18.2 Å². The second kappa shape index (κ2) is 5.28. The third-order valence-electron chi connectivity index (χ3n) is 3.82. The average Bonchev–Trinajstić information content (AvgIpc) is 2.83. The van der Waals surface area contributed by atoms with E-state index in [1.165, 1.54) is 23.5 Å². The van der Waals surface area contributed by atoms with Crippen LogP contribution in [0.4, 0.5) is 10.1 Å². The number of sulfonamides is 1. The lowest BCUT2D eigenvalue weighted by molar-refractivity contribution is 0.385. The number of fused-ring (bicyclic) bond motifs is 1. The maximum Gasteiger partial charge on any atom is 0.264 e. The highest BCUT2D eigenvalue weighted by molar-refractivity contribution is 7.92. The number of hydrogen-bond donors (Lipinski definition) is 0. The number of nitrogens with zero attached hydrogens (tertiary/aromatic N) is 1. The Hall–Kier alpha value is -2.08. The van der Waals surface area contributed by atoms with E-state index in [4.69, 9.17) is 4.74 Å². The lowest BCUT2D eigenvalue weighted by atomic mass is 10.1. The molecule has 3 rings (SSSR count). The molecule has 0 saturated carbocycles. The molecule has 1 aliphatic rings. The molecule has 0 spiro atoms. The standard InChI is InChI=1S/C16H16FNO3S/c1-11-9-12-5-3-4-6-15(12)18(11)22(19,20)13-7-8-16(21-2)14(17)10-13/h3-8,10-11H,9H2,1-2H3. The Balaban J connectivity index is 2.09. The molecule has 0 radical (unpaired) electrons. The maximum atomic E-state index is 13.9. The van der Waals surface area contributed by atoms with Crippen LogP contribution in [0.25, 0.3) is 0 Å². The van der Waals surface area contributed by atoms with E-state index in [0.717, 1.165) is 11.6 Å². The second-order valence-electron chi connectivity index (χ2n) is 5.28. The third kappa shape index (κ3) is 2.23. The summed E-state index contributed by atoms with van der Waals surface area (Å²) in [5.74, 6) is -0.669. The smallest absolute Gasteiger partial charge is 0.264 e. The highest BCUT2D eigenvalue weighted by Gasteiger charge is 2.36. The molecule has 0 N–H and O–H groups in total. The summed E-state index contributed by atoms with van der Waals surface area (Å²) >= 11 is 0. The number of methoxy groups -OCH3 is 1. The van der Waals surface area contributed by atoms with Gasteiger partial charge in [0.1, 0.15) is 0 Å². The fraction of sp³-hybridized carbons (Fsp3) is 0.250. The van der Waals surface area contributed by atoms with E-state index in [1.54, 1.807) is 12.1 Å². The fourth-order valence-corrected chi connectivity index (χ4v) is 4.53. The maximum absolute atomic E-state index is 13.9. The molecule has 6 heteroatoms. The zero-order chi connectivity index (χ0) is 15.9. The van der Waals surface area contributed by atoms with E-state index in [9.17, 15) is 12.8 Å². The van der Waals surface area contributed by atoms with Gasteiger partial charge < -0.3 is 4.74 Å². The van der Waals surface area contributed by atoms with E-state index in [0.29, 0.717) is 12.1 Å². The molecule has 0 aromatic heterocycles. The van der Waals surface area contributed by atoms with E-state index >= 15 is 0 Å². The number of benzene rings is 2. The Bertz CT molecular complexity index is 820. The Morgan fingerprint density at radius 2 is 1.95 bits per heavy atom. The molecule has 1 unspecified atom stereocenters. The zero-order valence-corrected chi connectivity index (χ0v) is 13.1. The van der Waals surface area contributed by atoms with E-state index in [1.807, 2.05) is 19.1 Å². The van der Waals surface area contributed by atoms with Gasteiger partial charge in [-0.15, -0.1) is 0 Å². The van der Waals surface area contributed by atoms with Gasteiger partial charge in [0.05, 0.1) is 17.7 Å². The summed E-state index contributed by atoms with van der Waals surface area (Å²) in [6, 6.07) is 10.9. The average molecular weight is 321 g/mol. The topological polar surface area (TPSA) is 46.6 Å². The Labute approximate surface area is 129 Å². The summed E-state index contributed by atoms with van der Waals surface area (Å²) in [6.45, 7) is 1.84. The van der Waals surface area contributed by atoms with Crippen molar-refractivity contribution in [1.82, 2.24) is 0 Å². The minimum Gasteiger partial charge on any atom is -0.494 e. The Morgan fingerprint density at radius 1 is 1.23 bits per heavy atom. The van der Waals surface area contributed by atoms with Crippen LogP contribution in [0.15, 0.2) is 47.4 Å². The largest absolute Gasteiger partial charge is 0.494 e. The van der Waals surface area contributed by atoms with Crippen molar-refractivity contribution in [2.24, 2.45) is 0 Å². The Kier molecular flexibility index (Phi) is 3.56. The summed E-state index contributed by atoms with van der Waals surface area (Å²) in [7, 11) is -2.47. The van der Waals surface area contributed by atoms with Crippen molar-refractivity contribution < 1.29 is 17.5 Å². The molecule has 2 aromatic carbocycles. The van der Waals surface area contributed by atoms with Gasteiger partial charge in [0.25, 0.3) is 10.0 Å². The summed E-state index contributed by atoms with van der Waals surface area (Å²) in [5, 5.41) is 0. The highest BCUT2D eigenvalue weighted by atomic mass is 32.2. The van der Waals surface area contributed by atoms with Crippen LogP contribution in [0.1, 0.15) is 12.5 Å². The van der Waals surface area contributed by atoms with Crippen molar-refractivity contribution in [2.45, 2.75) is 24.3 Å². The van der Waals surface area contributed by atoms with Gasteiger partial charge in [-0.2, -0.15) is 0 Å². The molecular formula is C16H16FNO3S. The molecule has 2 aromatic rings. The molecule has 4 nitrogen and oxygen atoms in total. The summed E-state index contributed by atoms with van der Waals surface area (Å²) in [5.41, 5.74) is 1.64. The minimum atomic E-state index is -3.81. The van der Waals surface area contributed by atoms with E-state index in [2.05, 4.69) is 0 Å². The van der Waals surface area contributed by atoms with Crippen molar-refractivity contribution in [3.63, 3.8) is 0 Å². The normalized spacial score (nSPS) is 17.4. The number of para-hydroxylation sites is 1. The number of anilines is 1. The molecule has 0 fully saturated rings. The van der Waals surface area contributed by atoms with Gasteiger partial charge in [-0.25, -0.2) is 12.8 Å². The molecule has 0 saturated heterocycles. The van der Waals surface area contributed by atoms with Crippen LogP contribution in [-0.4, -0.2) is 21.6 Å². The van der Waals surface area contributed by atoms with Crippen LogP contribution >= 0.6 is 0 Å². The van der Waals surface area contributed by atoms with Gasteiger partial charge in [0, 0.05) is 6.04 Å². The van der Waals surface area contributed by atoms with Gasteiger partial charge in [0.15, 0.2) is 11.6 Å². The lowest BCUT2D eigenvalue weighted by Crippen LogP contribution is -2.35. The van der Waals surface area contributed by atoms with Gasteiger partial charge in [-0.3, -0.25) is 4.31 Å². The van der Waals surface area contributed by atoms with Crippen LogP contribution in [0.2, 0.25) is 0 Å². The van der Waals surface area contributed by atoms with Crippen molar-refractivity contribution in [3.8, 4) is 5.75 Å². The number of rotatable bonds is 3. The van der Waals surface area contributed by atoms with E-state index < -0.39 is 15.8 Å². The first-order valence-corrected chi connectivity index (χ1v) is 8.35. The van der Waals surface area contributed by atoms with Crippen LogP contribution in [0, 0.1) is 5.82 Å². The minimum absolute atomic E-state index is 0.0221. The molecule has 22 heavy (non-hydrogen) atoms. The molecule has 0 bridgehead atoms. The van der Waals surface area contributed by atoms with Crippen LogP contribution < -0.4 is 9.04 Å². The van der Waals surface area contributed by atoms with Crippen molar-refractivity contribution in [1.29, 1.82) is 0 Å². The predicted octanol–water partition coefficient (Wildman–Crippen LogP) is 2.97. The second-order valence-corrected chi connectivity index (χ2v) is 7.09. The molecule has 1 heterocycles. The van der Waals surface area contributed by atoms with Crippen molar-refractivity contribution in [3.05, 3.63) is 53.8 Å². The first-order valence-electron chi connectivity index (χ1n) is 6.91. The number of hydrogen-bond acceptors (Lipinski definition) is 3. The monoisotopic (exact) mass is 321 g/mol. The molecule has 1 atom stereocenters. The third-order valence-corrected chi connectivity index (χ3v) is 5.75.